The molecular weight excluding hydrogens is 360 g/mol. The zero-order chi connectivity index (χ0) is 15.2. The van der Waals surface area contributed by atoms with E-state index in [1.807, 2.05) is 24.3 Å². The molecule has 0 aliphatic carbocycles. The number of aromatic carboxylic acids is 1. The Morgan fingerprint density at radius 3 is 2.62 bits per heavy atom. The second-order valence-electron chi connectivity index (χ2n) is 4.10. The zero-order valence-electron chi connectivity index (χ0n) is 10.9. The van der Waals surface area contributed by atoms with Crippen molar-refractivity contribution in [3.63, 3.8) is 0 Å². The molecular formula is C15H12BrClO4. The summed E-state index contributed by atoms with van der Waals surface area (Å²) < 4.78 is 11.9. The van der Waals surface area contributed by atoms with Gasteiger partial charge < -0.3 is 14.6 Å². The first-order valence-electron chi connectivity index (χ1n) is 6.10. The quantitative estimate of drug-likeness (QED) is 0.771. The summed E-state index contributed by atoms with van der Waals surface area (Å²) in [5.74, 6) is -0.104. The summed E-state index contributed by atoms with van der Waals surface area (Å²) in [6.07, 6.45) is 0. The summed E-state index contributed by atoms with van der Waals surface area (Å²) >= 11 is 9.12. The maximum atomic E-state index is 11.1. The van der Waals surface area contributed by atoms with E-state index >= 15 is 0 Å². The number of carbonyl (C=O) groups is 1. The summed E-state index contributed by atoms with van der Waals surface area (Å²) in [5, 5.41) is 9.43. The molecule has 0 amide bonds. The third-order valence-corrected chi connectivity index (χ3v) is 3.31. The van der Waals surface area contributed by atoms with Gasteiger partial charge in [0.15, 0.2) is 0 Å². The van der Waals surface area contributed by atoms with Gasteiger partial charge in [-0.15, -0.1) is 0 Å². The van der Waals surface area contributed by atoms with Gasteiger partial charge in [-0.25, -0.2) is 4.79 Å². The smallest absolute Gasteiger partial charge is 0.339 e. The molecule has 21 heavy (non-hydrogen) atoms. The van der Waals surface area contributed by atoms with Crippen LogP contribution in [0.3, 0.4) is 0 Å². The average Bonchev–Trinajstić information content (AvgIpc) is 2.44. The van der Waals surface area contributed by atoms with Crippen LogP contribution in [0.2, 0.25) is 5.02 Å². The fraction of sp³-hybridized carbons (Fsp3) is 0.133. The Hall–Kier alpha value is -1.72. The normalized spacial score (nSPS) is 10.2. The summed E-state index contributed by atoms with van der Waals surface area (Å²) in [7, 11) is 0. The minimum atomic E-state index is -1.08. The van der Waals surface area contributed by atoms with E-state index in [1.54, 1.807) is 6.07 Å². The Morgan fingerprint density at radius 2 is 1.90 bits per heavy atom. The summed E-state index contributed by atoms with van der Waals surface area (Å²) in [6.45, 7) is 0.534. The van der Waals surface area contributed by atoms with Crippen molar-refractivity contribution >= 4 is 33.5 Å². The lowest BCUT2D eigenvalue weighted by Gasteiger charge is -2.10. The van der Waals surface area contributed by atoms with Crippen LogP contribution in [0, 0.1) is 0 Å². The van der Waals surface area contributed by atoms with E-state index < -0.39 is 5.97 Å². The van der Waals surface area contributed by atoms with Gasteiger partial charge in [0.25, 0.3) is 0 Å². The van der Waals surface area contributed by atoms with Gasteiger partial charge in [0.2, 0.25) is 0 Å². The number of benzene rings is 2. The molecule has 0 aromatic heterocycles. The van der Waals surface area contributed by atoms with E-state index in [-0.39, 0.29) is 17.9 Å². The van der Waals surface area contributed by atoms with Crippen LogP contribution in [0.25, 0.3) is 0 Å². The highest BCUT2D eigenvalue weighted by atomic mass is 79.9. The Balaban J connectivity index is 1.90. The van der Waals surface area contributed by atoms with E-state index in [0.29, 0.717) is 17.4 Å². The third kappa shape index (κ3) is 4.65. The van der Waals surface area contributed by atoms with E-state index in [2.05, 4.69) is 15.9 Å². The molecule has 2 rings (SSSR count). The van der Waals surface area contributed by atoms with Gasteiger partial charge in [0.05, 0.1) is 0 Å². The number of hydrogen-bond donors (Lipinski definition) is 1. The molecule has 2 aromatic carbocycles. The number of carboxylic acids is 1. The van der Waals surface area contributed by atoms with Gasteiger partial charge in [-0.3, -0.25) is 0 Å². The van der Waals surface area contributed by atoms with Crippen LogP contribution in [0.15, 0.2) is 46.9 Å². The fourth-order valence-corrected chi connectivity index (χ4v) is 2.21. The Bertz CT molecular complexity index is 645. The minimum Gasteiger partial charge on any atom is -0.490 e. The van der Waals surface area contributed by atoms with Gasteiger partial charge in [-0.1, -0.05) is 33.6 Å². The Morgan fingerprint density at radius 1 is 1.14 bits per heavy atom. The second kappa shape index (κ2) is 7.33. The lowest BCUT2D eigenvalue weighted by Crippen LogP contribution is -2.11. The van der Waals surface area contributed by atoms with Gasteiger partial charge in [-0.05, 0) is 36.4 Å². The van der Waals surface area contributed by atoms with Crippen molar-refractivity contribution in [3.8, 4) is 11.5 Å². The van der Waals surface area contributed by atoms with Gasteiger partial charge in [0.1, 0.15) is 30.3 Å². The molecule has 0 heterocycles. The molecule has 4 nitrogen and oxygen atoms in total. The molecule has 0 fully saturated rings. The van der Waals surface area contributed by atoms with Gasteiger partial charge in [-0.2, -0.15) is 0 Å². The van der Waals surface area contributed by atoms with Crippen LogP contribution in [0.5, 0.6) is 11.5 Å². The number of halogens is 2. The van der Waals surface area contributed by atoms with Crippen LogP contribution in [-0.2, 0) is 0 Å². The van der Waals surface area contributed by atoms with Gasteiger partial charge >= 0.3 is 5.97 Å². The highest BCUT2D eigenvalue weighted by molar-refractivity contribution is 9.10. The Kier molecular flexibility index (Phi) is 5.47. The highest BCUT2D eigenvalue weighted by Gasteiger charge is 2.11. The fourth-order valence-electron chi connectivity index (χ4n) is 1.66. The SMILES string of the molecule is O=C(O)c1cc(Cl)ccc1OCCOc1cccc(Br)c1. The van der Waals surface area contributed by atoms with Crippen LogP contribution in [-0.4, -0.2) is 24.3 Å². The van der Waals surface area contributed by atoms with Crippen LogP contribution in [0.4, 0.5) is 0 Å². The van der Waals surface area contributed by atoms with E-state index in [0.717, 1.165) is 4.47 Å². The molecule has 110 valence electrons. The summed E-state index contributed by atoms with van der Waals surface area (Å²) in [6, 6.07) is 11.9. The topological polar surface area (TPSA) is 55.8 Å². The first-order valence-corrected chi connectivity index (χ1v) is 7.27. The van der Waals surface area contributed by atoms with E-state index in [4.69, 9.17) is 26.2 Å². The molecule has 0 atom stereocenters. The predicted molar refractivity (Wildman–Crippen MR) is 83.5 cm³/mol. The monoisotopic (exact) mass is 370 g/mol. The first-order chi connectivity index (χ1) is 10.1. The predicted octanol–water partition coefficient (Wildman–Crippen LogP) is 4.26. The molecule has 0 unspecified atom stereocenters. The maximum absolute atomic E-state index is 11.1. The summed E-state index contributed by atoms with van der Waals surface area (Å²) in [5.41, 5.74) is 0.0324. The van der Waals surface area contributed by atoms with Crippen LogP contribution in [0.1, 0.15) is 10.4 Å². The van der Waals surface area contributed by atoms with Crippen molar-refractivity contribution in [2.24, 2.45) is 0 Å². The van der Waals surface area contributed by atoms with Crippen molar-refractivity contribution in [2.45, 2.75) is 0 Å². The molecule has 6 heteroatoms. The largest absolute Gasteiger partial charge is 0.490 e. The van der Waals surface area contributed by atoms with Crippen molar-refractivity contribution in [1.82, 2.24) is 0 Å². The molecule has 0 spiro atoms. The molecule has 0 saturated carbocycles. The van der Waals surface area contributed by atoms with Gasteiger partial charge in [0, 0.05) is 9.50 Å². The molecule has 0 aliphatic rings. The number of hydrogen-bond acceptors (Lipinski definition) is 3. The maximum Gasteiger partial charge on any atom is 0.339 e. The molecule has 0 radical (unpaired) electrons. The van der Waals surface area contributed by atoms with Crippen molar-refractivity contribution in [2.75, 3.05) is 13.2 Å². The van der Waals surface area contributed by atoms with Crippen molar-refractivity contribution in [3.05, 3.63) is 57.5 Å². The number of carboxylic acid groups (broad SMARTS) is 1. The molecule has 0 bridgehead atoms. The molecule has 1 N–H and O–H groups in total. The third-order valence-electron chi connectivity index (χ3n) is 2.58. The standard InChI is InChI=1S/C15H12BrClO4/c16-10-2-1-3-12(8-10)20-6-7-21-14-5-4-11(17)9-13(14)15(18)19/h1-5,8-9H,6-7H2,(H,18,19). The second-order valence-corrected chi connectivity index (χ2v) is 5.45. The van der Waals surface area contributed by atoms with Crippen molar-refractivity contribution in [1.29, 1.82) is 0 Å². The van der Waals surface area contributed by atoms with Crippen molar-refractivity contribution < 1.29 is 19.4 Å². The number of ether oxygens (including phenoxy) is 2. The Labute approximate surface area is 135 Å². The summed E-state index contributed by atoms with van der Waals surface area (Å²) in [4.78, 5) is 11.1. The molecule has 2 aromatic rings. The zero-order valence-corrected chi connectivity index (χ0v) is 13.2. The van der Waals surface area contributed by atoms with Crippen LogP contribution >= 0.6 is 27.5 Å². The molecule has 0 saturated heterocycles. The average molecular weight is 372 g/mol. The molecule has 0 aliphatic heterocycles. The minimum absolute atomic E-state index is 0.0324. The lowest BCUT2D eigenvalue weighted by molar-refractivity contribution is 0.0691. The highest BCUT2D eigenvalue weighted by Crippen LogP contribution is 2.23. The van der Waals surface area contributed by atoms with Crippen LogP contribution < -0.4 is 9.47 Å². The van der Waals surface area contributed by atoms with E-state index in [1.165, 1.54) is 12.1 Å². The first kappa shape index (κ1) is 15.7. The van der Waals surface area contributed by atoms with E-state index in [9.17, 15) is 4.79 Å². The lowest BCUT2D eigenvalue weighted by atomic mass is 10.2. The number of rotatable bonds is 6.